The van der Waals surface area contributed by atoms with E-state index in [1.54, 1.807) is 0 Å². The summed E-state index contributed by atoms with van der Waals surface area (Å²) in [6, 6.07) is 78.3. The summed E-state index contributed by atoms with van der Waals surface area (Å²) in [7, 11) is 0. The third-order valence-electron chi connectivity index (χ3n) is 13.9. The van der Waals surface area contributed by atoms with Crippen LogP contribution in [0.4, 0.5) is 0 Å². The van der Waals surface area contributed by atoms with Crippen LogP contribution >= 0.6 is 22.7 Å². The van der Waals surface area contributed by atoms with Crippen molar-refractivity contribution in [2.24, 2.45) is 0 Å². The van der Waals surface area contributed by atoms with Crippen molar-refractivity contribution in [1.29, 1.82) is 0 Å². The van der Waals surface area contributed by atoms with Gasteiger partial charge in [-0.25, -0.2) is 4.98 Å². The van der Waals surface area contributed by atoms with Gasteiger partial charge in [0.25, 0.3) is 0 Å². The molecule has 3 nitrogen and oxygen atoms in total. The van der Waals surface area contributed by atoms with Gasteiger partial charge in [-0.1, -0.05) is 127 Å². The second-order valence-electron chi connectivity index (χ2n) is 17.4. The molecule has 0 saturated carbocycles. The first-order valence-corrected chi connectivity index (χ1v) is 24.1. The molecule has 0 saturated heterocycles. The fourth-order valence-corrected chi connectivity index (χ4v) is 13.3. The Kier molecular flexibility index (Phi) is 7.53. The fraction of sp³-hybridized carbons (Fsp3) is 0. The van der Waals surface area contributed by atoms with E-state index >= 15 is 0 Å². The Bertz CT molecular complexity index is 4530. The van der Waals surface area contributed by atoms with Crippen LogP contribution in [0.2, 0.25) is 0 Å². The SMILES string of the molecule is c1ccc(-n2c3ccccc3c3cc(-c4ccc5c(c4)c4ccccc4n5-c4cc5c(-c6ccc7sc8ccccc8c7c6)nc6ccccc6c5c5c4sc4ccccc45)ccc32)cc1. The van der Waals surface area contributed by atoms with E-state index in [-0.39, 0.29) is 0 Å². The lowest BCUT2D eigenvalue weighted by molar-refractivity contribution is 1.18. The van der Waals surface area contributed by atoms with Gasteiger partial charge in [-0.05, 0) is 96.1 Å². The first-order chi connectivity index (χ1) is 32.7. The van der Waals surface area contributed by atoms with E-state index in [9.17, 15) is 0 Å². The van der Waals surface area contributed by atoms with E-state index in [4.69, 9.17) is 4.98 Å². The highest BCUT2D eigenvalue weighted by atomic mass is 32.1. The normalized spacial score (nSPS) is 12.2. The average molecular weight is 874 g/mol. The number of fused-ring (bicyclic) bond motifs is 16. The second-order valence-corrected chi connectivity index (χ2v) is 19.5. The molecule has 0 aliphatic carbocycles. The summed E-state index contributed by atoms with van der Waals surface area (Å²) in [5, 5.41) is 13.7. The molecule has 66 heavy (non-hydrogen) atoms. The van der Waals surface area contributed by atoms with Crippen molar-refractivity contribution in [3.63, 3.8) is 0 Å². The van der Waals surface area contributed by atoms with E-state index in [0.29, 0.717) is 0 Å². The van der Waals surface area contributed by atoms with Crippen molar-refractivity contribution < 1.29 is 0 Å². The second kappa shape index (κ2) is 13.7. The molecule has 5 heteroatoms. The number of benzene rings is 10. The molecule has 0 bridgehead atoms. The Labute approximate surface area is 386 Å². The van der Waals surface area contributed by atoms with E-state index in [1.807, 2.05) is 22.7 Å². The van der Waals surface area contributed by atoms with Crippen molar-refractivity contribution in [3.8, 4) is 33.8 Å². The van der Waals surface area contributed by atoms with E-state index in [0.717, 1.165) is 22.2 Å². The van der Waals surface area contributed by atoms with Crippen LogP contribution in [-0.4, -0.2) is 14.1 Å². The minimum Gasteiger partial charge on any atom is -0.309 e. The number of hydrogen-bond donors (Lipinski definition) is 0. The molecule has 15 rings (SSSR count). The first kappa shape index (κ1) is 36.3. The Hall–Kier alpha value is -8.09. The molecule has 5 aromatic heterocycles. The Morgan fingerprint density at radius 3 is 1.59 bits per heavy atom. The zero-order valence-electron chi connectivity index (χ0n) is 35.4. The fourth-order valence-electron chi connectivity index (χ4n) is 11.0. The lowest BCUT2D eigenvalue weighted by Crippen LogP contribution is -1.97. The summed E-state index contributed by atoms with van der Waals surface area (Å²) in [6.07, 6.45) is 0. The third-order valence-corrected chi connectivity index (χ3v) is 16.2. The summed E-state index contributed by atoms with van der Waals surface area (Å²) < 4.78 is 10.1. The van der Waals surface area contributed by atoms with Gasteiger partial charge in [-0.3, -0.25) is 0 Å². The van der Waals surface area contributed by atoms with Gasteiger partial charge in [0.05, 0.1) is 43.7 Å². The molecule has 0 aliphatic rings. The minimum atomic E-state index is 1.01. The molecule has 0 fully saturated rings. The zero-order valence-corrected chi connectivity index (χ0v) is 37.0. The average Bonchev–Trinajstić information content (AvgIpc) is 4.13. The van der Waals surface area contributed by atoms with Crippen LogP contribution in [-0.2, 0) is 0 Å². The topological polar surface area (TPSA) is 22.8 Å². The zero-order chi connectivity index (χ0) is 43.0. The number of thiophene rings is 2. The number of hydrogen-bond acceptors (Lipinski definition) is 3. The highest BCUT2D eigenvalue weighted by Gasteiger charge is 2.23. The number of rotatable bonds is 4. The van der Waals surface area contributed by atoms with Crippen molar-refractivity contribution in [2.75, 3.05) is 0 Å². The van der Waals surface area contributed by atoms with E-state index in [2.05, 4.69) is 221 Å². The summed E-state index contributed by atoms with van der Waals surface area (Å²) >= 11 is 3.75. The summed E-state index contributed by atoms with van der Waals surface area (Å²) in [4.78, 5) is 5.56. The summed E-state index contributed by atoms with van der Waals surface area (Å²) in [6.45, 7) is 0. The van der Waals surface area contributed by atoms with Crippen LogP contribution in [0.5, 0.6) is 0 Å². The van der Waals surface area contributed by atoms with Crippen LogP contribution in [0.1, 0.15) is 0 Å². The molecule has 5 heterocycles. The smallest absolute Gasteiger partial charge is 0.0789 e. The molecule has 0 spiro atoms. The standard InChI is InChI=1S/C61H35N3S2/c1-2-14-39(15-3-1)63-50-22-10-5-16-40(50)45-32-36(26-29-52(45)63)37-27-30-53-46(33-37)41-17-6-11-23-51(41)64(53)54-35-48-58(59-44-20-8-13-25-56(44)66-61(54)59)43-19-4-9-21-49(43)62-60(48)38-28-31-57-47(34-38)42-18-7-12-24-55(42)65-57/h1-35H. The quantitative estimate of drug-likeness (QED) is 0.162. The van der Waals surface area contributed by atoms with Crippen molar-refractivity contribution in [1.82, 2.24) is 14.1 Å². The maximum Gasteiger partial charge on any atom is 0.0789 e. The summed E-state index contributed by atoms with van der Waals surface area (Å²) in [5.74, 6) is 0. The van der Waals surface area contributed by atoms with Crippen LogP contribution in [0.25, 0.3) is 139 Å². The van der Waals surface area contributed by atoms with Gasteiger partial charge in [0.2, 0.25) is 0 Å². The molecule has 10 aromatic carbocycles. The molecular formula is C61H35N3S2. The highest BCUT2D eigenvalue weighted by molar-refractivity contribution is 7.26. The minimum absolute atomic E-state index is 1.01. The molecule has 306 valence electrons. The van der Waals surface area contributed by atoms with E-state index in [1.165, 1.54) is 117 Å². The Morgan fingerprint density at radius 2 is 0.848 bits per heavy atom. The van der Waals surface area contributed by atoms with Crippen LogP contribution in [0.3, 0.4) is 0 Å². The van der Waals surface area contributed by atoms with Crippen LogP contribution in [0.15, 0.2) is 212 Å². The van der Waals surface area contributed by atoms with Gasteiger partial charge >= 0.3 is 0 Å². The van der Waals surface area contributed by atoms with Crippen LogP contribution in [0, 0.1) is 0 Å². The number of para-hydroxylation sites is 4. The predicted molar refractivity (Wildman–Crippen MR) is 285 cm³/mol. The largest absolute Gasteiger partial charge is 0.309 e. The number of pyridine rings is 1. The van der Waals surface area contributed by atoms with Gasteiger partial charge in [0.1, 0.15) is 0 Å². The van der Waals surface area contributed by atoms with Gasteiger partial charge < -0.3 is 9.13 Å². The van der Waals surface area contributed by atoms with Gasteiger partial charge in [0.15, 0.2) is 0 Å². The van der Waals surface area contributed by atoms with Crippen molar-refractivity contribution in [2.45, 2.75) is 0 Å². The molecule has 0 atom stereocenters. The maximum absolute atomic E-state index is 5.56. The lowest BCUT2D eigenvalue weighted by Gasteiger charge is -2.16. The molecular weight excluding hydrogens is 839 g/mol. The Balaban J connectivity index is 1.01. The van der Waals surface area contributed by atoms with E-state index < -0.39 is 0 Å². The van der Waals surface area contributed by atoms with Crippen LogP contribution < -0.4 is 0 Å². The van der Waals surface area contributed by atoms with Gasteiger partial charge in [-0.2, -0.15) is 0 Å². The number of nitrogens with zero attached hydrogens (tertiary/aromatic N) is 3. The molecule has 0 unspecified atom stereocenters. The number of aromatic nitrogens is 3. The first-order valence-electron chi connectivity index (χ1n) is 22.4. The third kappa shape index (κ3) is 5.09. The molecule has 15 aromatic rings. The Morgan fingerprint density at radius 1 is 0.318 bits per heavy atom. The monoisotopic (exact) mass is 873 g/mol. The molecule has 0 amide bonds. The molecule has 0 aliphatic heterocycles. The van der Waals surface area contributed by atoms with Crippen molar-refractivity contribution in [3.05, 3.63) is 212 Å². The lowest BCUT2D eigenvalue weighted by atomic mass is 9.95. The highest BCUT2D eigenvalue weighted by Crippen LogP contribution is 2.49. The predicted octanol–water partition coefficient (Wildman–Crippen LogP) is 17.7. The molecule has 0 N–H and O–H groups in total. The van der Waals surface area contributed by atoms with Gasteiger partial charge in [-0.15, -0.1) is 22.7 Å². The molecule has 0 radical (unpaired) electrons. The van der Waals surface area contributed by atoms with Gasteiger partial charge in [0, 0.05) is 84.6 Å². The van der Waals surface area contributed by atoms with Crippen molar-refractivity contribution >= 4 is 128 Å². The maximum atomic E-state index is 5.56. The summed E-state index contributed by atoms with van der Waals surface area (Å²) in [5.41, 5.74) is 12.7.